The molecular formula is C23H28N4O4. The van der Waals surface area contributed by atoms with Crippen LogP contribution in [0, 0.1) is 10.1 Å². The lowest BCUT2D eigenvalue weighted by molar-refractivity contribution is -0.385. The Balaban J connectivity index is 1.36. The molecule has 0 radical (unpaired) electrons. The van der Waals surface area contributed by atoms with E-state index < -0.39 is 0 Å². The number of nitrogens with zero attached hydrogens (tertiary/aromatic N) is 4. The van der Waals surface area contributed by atoms with Crippen LogP contribution in [-0.2, 0) is 11.2 Å². The van der Waals surface area contributed by atoms with E-state index in [0.29, 0.717) is 30.8 Å². The molecule has 1 aromatic carbocycles. The average molecular weight is 425 g/mol. The van der Waals surface area contributed by atoms with Crippen LogP contribution in [-0.4, -0.2) is 70.0 Å². The minimum Gasteiger partial charge on any atom is -0.368 e. The molecular weight excluding hydrogens is 396 g/mol. The smallest absolute Gasteiger partial charge is 0.290 e. The topological polar surface area (TPSA) is 88.8 Å². The summed E-state index contributed by atoms with van der Waals surface area (Å²) in [4.78, 5) is 32.2. The summed E-state index contributed by atoms with van der Waals surface area (Å²) in [6.07, 6.45) is 3.80. The summed E-state index contributed by atoms with van der Waals surface area (Å²) in [5.41, 5.74) is 0.988. The van der Waals surface area contributed by atoms with Crippen LogP contribution in [0.1, 0.15) is 35.8 Å². The highest BCUT2D eigenvalue weighted by molar-refractivity contribution is 5.94. The van der Waals surface area contributed by atoms with Crippen LogP contribution in [0.15, 0.2) is 48.7 Å². The maximum Gasteiger partial charge on any atom is 0.290 e. The van der Waals surface area contributed by atoms with Crippen molar-refractivity contribution in [3.63, 3.8) is 0 Å². The van der Waals surface area contributed by atoms with E-state index in [4.69, 9.17) is 4.74 Å². The van der Waals surface area contributed by atoms with Gasteiger partial charge < -0.3 is 14.5 Å². The van der Waals surface area contributed by atoms with Crippen LogP contribution in [0.3, 0.4) is 0 Å². The summed E-state index contributed by atoms with van der Waals surface area (Å²) in [6.45, 7) is 5.61. The van der Waals surface area contributed by atoms with Gasteiger partial charge in [-0.1, -0.05) is 18.2 Å². The zero-order valence-electron chi connectivity index (χ0n) is 17.8. The Kier molecular flexibility index (Phi) is 6.29. The van der Waals surface area contributed by atoms with E-state index in [1.807, 2.05) is 42.2 Å². The highest BCUT2D eigenvalue weighted by Crippen LogP contribution is 2.33. The maximum absolute atomic E-state index is 13.0. The van der Waals surface area contributed by atoms with E-state index in [9.17, 15) is 14.9 Å². The van der Waals surface area contributed by atoms with E-state index in [-0.39, 0.29) is 28.2 Å². The van der Waals surface area contributed by atoms with E-state index in [0.717, 1.165) is 32.5 Å². The van der Waals surface area contributed by atoms with E-state index in [1.165, 1.54) is 6.07 Å². The first-order valence-corrected chi connectivity index (χ1v) is 10.8. The summed E-state index contributed by atoms with van der Waals surface area (Å²) < 4.78 is 6.37. The van der Waals surface area contributed by atoms with Gasteiger partial charge in [-0.25, -0.2) is 0 Å². The molecule has 1 atom stereocenters. The highest BCUT2D eigenvalue weighted by atomic mass is 16.6. The quantitative estimate of drug-likeness (QED) is 0.542. The number of carbonyl (C=O) groups is 1. The van der Waals surface area contributed by atoms with Crippen LogP contribution in [0.5, 0.6) is 0 Å². The van der Waals surface area contributed by atoms with E-state index in [2.05, 4.69) is 9.88 Å². The van der Waals surface area contributed by atoms with Gasteiger partial charge in [0.15, 0.2) is 0 Å². The largest absolute Gasteiger partial charge is 0.368 e. The number of hydrogen-bond acceptors (Lipinski definition) is 6. The van der Waals surface area contributed by atoms with Gasteiger partial charge in [0.05, 0.1) is 23.2 Å². The number of benzene rings is 1. The lowest BCUT2D eigenvalue weighted by atomic mass is 9.88. The molecule has 3 heterocycles. The number of likely N-dealkylation sites (tertiary alicyclic amines) is 1. The Morgan fingerprint density at radius 2 is 1.97 bits per heavy atom. The van der Waals surface area contributed by atoms with Crippen molar-refractivity contribution in [1.82, 2.24) is 14.8 Å². The molecule has 2 aromatic rings. The standard InChI is InChI=1S/C23H28N4O4/c1-18-16-26(22(28)19-6-3-2-4-7-19)17-23(31-18)10-14-25(15-11-23)13-9-20-21(27(29)30)8-5-12-24-20/h2-8,12,18H,9-11,13-17H2,1H3. The summed E-state index contributed by atoms with van der Waals surface area (Å²) in [6, 6.07) is 12.5. The number of aromatic nitrogens is 1. The second-order valence-corrected chi connectivity index (χ2v) is 8.48. The van der Waals surface area contributed by atoms with E-state index >= 15 is 0 Å². The third-order valence-corrected chi connectivity index (χ3v) is 6.21. The molecule has 164 valence electrons. The lowest BCUT2D eigenvalue weighted by Crippen LogP contribution is -2.60. The molecule has 1 spiro atoms. The molecule has 0 aliphatic carbocycles. The van der Waals surface area contributed by atoms with Crippen molar-refractivity contribution in [2.45, 2.75) is 37.9 Å². The number of carbonyl (C=O) groups excluding carboxylic acids is 1. The number of hydrogen-bond donors (Lipinski definition) is 0. The molecule has 8 heteroatoms. The number of rotatable bonds is 5. The molecule has 2 aliphatic heterocycles. The van der Waals surface area contributed by atoms with Crippen molar-refractivity contribution >= 4 is 11.6 Å². The number of ether oxygens (including phenoxy) is 1. The molecule has 2 aliphatic rings. The number of morpholine rings is 1. The van der Waals surface area contributed by atoms with Gasteiger partial charge in [-0.05, 0) is 38.0 Å². The molecule has 1 aromatic heterocycles. The molecule has 0 saturated carbocycles. The van der Waals surface area contributed by atoms with Crippen molar-refractivity contribution < 1.29 is 14.5 Å². The summed E-state index contributed by atoms with van der Waals surface area (Å²) in [5.74, 6) is 0.0556. The van der Waals surface area contributed by atoms with Gasteiger partial charge in [0, 0.05) is 50.4 Å². The first-order chi connectivity index (χ1) is 15.0. The highest BCUT2D eigenvalue weighted by Gasteiger charge is 2.43. The Labute approximate surface area is 182 Å². The van der Waals surface area contributed by atoms with Gasteiger partial charge in [-0.3, -0.25) is 19.9 Å². The van der Waals surface area contributed by atoms with Crippen molar-refractivity contribution in [2.24, 2.45) is 0 Å². The third-order valence-electron chi connectivity index (χ3n) is 6.21. The fraction of sp³-hybridized carbons (Fsp3) is 0.478. The monoisotopic (exact) mass is 424 g/mol. The number of piperidine rings is 1. The Bertz CT molecular complexity index is 928. The molecule has 1 unspecified atom stereocenters. The zero-order chi connectivity index (χ0) is 21.8. The minimum absolute atomic E-state index is 0.0101. The van der Waals surface area contributed by atoms with Gasteiger partial charge in [0.25, 0.3) is 11.6 Å². The first kappa shape index (κ1) is 21.4. The summed E-state index contributed by atoms with van der Waals surface area (Å²) >= 11 is 0. The SMILES string of the molecule is CC1CN(C(=O)c2ccccc2)CC2(CCN(CCc3ncccc3[N+](=O)[O-])CC2)O1. The fourth-order valence-electron chi connectivity index (χ4n) is 4.65. The summed E-state index contributed by atoms with van der Waals surface area (Å²) in [7, 11) is 0. The fourth-order valence-corrected chi connectivity index (χ4v) is 4.65. The van der Waals surface area contributed by atoms with Crippen molar-refractivity contribution in [3.8, 4) is 0 Å². The molecule has 0 bridgehead atoms. The van der Waals surface area contributed by atoms with Crippen LogP contribution < -0.4 is 0 Å². The van der Waals surface area contributed by atoms with Crippen LogP contribution in [0.4, 0.5) is 5.69 Å². The zero-order valence-corrected chi connectivity index (χ0v) is 17.8. The van der Waals surface area contributed by atoms with Gasteiger partial charge >= 0.3 is 0 Å². The number of pyridine rings is 1. The maximum atomic E-state index is 13.0. The second-order valence-electron chi connectivity index (χ2n) is 8.48. The Hall–Kier alpha value is -2.84. The molecule has 2 saturated heterocycles. The van der Waals surface area contributed by atoms with Crippen LogP contribution in [0.25, 0.3) is 0 Å². The molecule has 8 nitrogen and oxygen atoms in total. The Morgan fingerprint density at radius 1 is 1.23 bits per heavy atom. The lowest BCUT2D eigenvalue weighted by Gasteiger charge is -2.49. The van der Waals surface area contributed by atoms with Gasteiger partial charge in [0.2, 0.25) is 0 Å². The minimum atomic E-state index is -0.372. The predicted octanol–water partition coefficient (Wildman–Crippen LogP) is 2.93. The molecule has 31 heavy (non-hydrogen) atoms. The second kappa shape index (κ2) is 9.11. The number of nitro groups is 1. The molecule has 0 N–H and O–H groups in total. The van der Waals surface area contributed by atoms with Gasteiger partial charge in [-0.15, -0.1) is 0 Å². The first-order valence-electron chi connectivity index (χ1n) is 10.8. The van der Waals surface area contributed by atoms with Crippen molar-refractivity contribution in [2.75, 3.05) is 32.7 Å². The van der Waals surface area contributed by atoms with Crippen molar-refractivity contribution in [3.05, 3.63) is 70.0 Å². The normalized spacial score (nSPS) is 21.2. The molecule has 4 rings (SSSR count). The van der Waals surface area contributed by atoms with Crippen LogP contribution in [0.2, 0.25) is 0 Å². The summed E-state index contributed by atoms with van der Waals surface area (Å²) in [5, 5.41) is 11.2. The predicted molar refractivity (Wildman–Crippen MR) is 116 cm³/mol. The molecule has 1 amide bonds. The average Bonchev–Trinajstić information content (AvgIpc) is 2.78. The Morgan fingerprint density at radius 3 is 2.68 bits per heavy atom. The van der Waals surface area contributed by atoms with Gasteiger partial charge in [-0.2, -0.15) is 0 Å². The van der Waals surface area contributed by atoms with Crippen molar-refractivity contribution in [1.29, 1.82) is 0 Å². The van der Waals surface area contributed by atoms with E-state index in [1.54, 1.807) is 12.3 Å². The third kappa shape index (κ3) is 4.91. The number of amides is 1. The van der Waals surface area contributed by atoms with Gasteiger partial charge in [0.1, 0.15) is 5.69 Å². The molecule has 2 fully saturated rings. The van der Waals surface area contributed by atoms with Crippen LogP contribution >= 0.6 is 0 Å².